The summed E-state index contributed by atoms with van der Waals surface area (Å²) >= 11 is 6.23. The van der Waals surface area contributed by atoms with Gasteiger partial charge in [-0.3, -0.25) is 4.79 Å². The first-order valence-electron chi connectivity index (χ1n) is 7.93. The summed E-state index contributed by atoms with van der Waals surface area (Å²) in [6.07, 6.45) is 1.47. The fourth-order valence-electron chi connectivity index (χ4n) is 3.41. The van der Waals surface area contributed by atoms with E-state index in [0.29, 0.717) is 17.0 Å². The summed E-state index contributed by atoms with van der Waals surface area (Å²) in [5.74, 6) is -2.08. The monoisotopic (exact) mass is 374 g/mol. The third kappa shape index (κ3) is 2.65. The number of aliphatic carboxylic acids is 1. The van der Waals surface area contributed by atoms with Gasteiger partial charge in [0.1, 0.15) is 5.82 Å². The van der Waals surface area contributed by atoms with Crippen molar-refractivity contribution in [2.24, 2.45) is 5.41 Å². The van der Waals surface area contributed by atoms with Gasteiger partial charge >= 0.3 is 5.97 Å². The summed E-state index contributed by atoms with van der Waals surface area (Å²) < 4.78 is 18.9. The second-order valence-corrected chi connectivity index (χ2v) is 6.84. The van der Waals surface area contributed by atoms with E-state index in [1.165, 1.54) is 18.4 Å². The molecule has 1 aliphatic rings. The van der Waals surface area contributed by atoms with Crippen molar-refractivity contribution in [3.05, 3.63) is 64.3 Å². The predicted molar refractivity (Wildman–Crippen MR) is 93.7 cm³/mol. The minimum absolute atomic E-state index is 0.0723. The average molecular weight is 375 g/mol. The van der Waals surface area contributed by atoms with Crippen LogP contribution < -0.4 is 5.32 Å². The van der Waals surface area contributed by atoms with E-state index in [1.54, 1.807) is 26.0 Å². The first-order chi connectivity index (χ1) is 12.3. The van der Waals surface area contributed by atoms with Crippen molar-refractivity contribution < 1.29 is 18.7 Å². The van der Waals surface area contributed by atoms with E-state index in [0.717, 1.165) is 6.07 Å². The number of rotatable bonds is 3. The van der Waals surface area contributed by atoms with Crippen LogP contribution in [0.4, 0.5) is 4.39 Å². The number of hydrogen-bond acceptors (Lipinski definition) is 4. The molecule has 5 nitrogen and oxygen atoms in total. The number of halogens is 2. The molecule has 0 fully saturated rings. The van der Waals surface area contributed by atoms with Crippen LogP contribution >= 0.6 is 11.6 Å². The number of nitriles is 1. The van der Waals surface area contributed by atoms with Crippen LogP contribution in [0.2, 0.25) is 5.02 Å². The zero-order valence-electron chi connectivity index (χ0n) is 14.1. The molecule has 134 valence electrons. The number of carbonyl (C=O) groups is 1. The molecule has 0 radical (unpaired) electrons. The number of benzene rings is 1. The van der Waals surface area contributed by atoms with Crippen molar-refractivity contribution in [2.45, 2.75) is 25.8 Å². The zero-order chi connectivity index (χ0) is 19.1. The largest absolute Gasteiger partial charge is 0.481 e. The number of carboxylic acid groups (broad SMARTS) is 1. The highest BCUT2D eigenvalue weighted by molar-refractivity contribution is 6.31. The van der Waals surface area contributed by atoms with Crippen LogP contribution in [0.25, 0.3) is 5.70 Å². The number of furan rings is 1. The summed E-state index contributed by atoms with van der Waals surface area (Å²) in [6, 6.07) is 8.66. The van der Waals surface area contributed by atoms with Gasteiger partial charge in [-0.15, -0.1) is 0 Å². The van der Waals surface area contributed by atoms with Gasteiger partial charge in [0.25, 0.3) is 0 Å². The molecule has 2 N–H and O–H groups in total. The molecule has 2 aromatic rings. The Morgan fingerprint density at radius 3 is 2.73 bits per heavy atom. The first-order valence-corrected chi connectivity index (χ1v) is 8.31. The molecule has 2 heterocycles. The Labute approximate surface area is 154 Å². The predicted octanol–water partition coefficient (Wildman–Crippen LogP) is 4.17. The second kappa shape index (κ2) is 6.50. The average Bonchev–Trinajstić information content (AvgIpc) is 3.11. The van der Waals surface area contributed by atoms with Gasteiger partial charge in [0.2, 0.25) is 0 Å². The molecule has 0 saturated carbocycles. The van der Waals surface area contributed by atoms with Crippen molar-refractivity contribution in [1.29, 1.82) is 5.26 Å². The lowest BCUT2D eigenvalue weighted by molar-refractivity contribution is -0.150. The van der Waals surface area contributed by atoms with Crippen molar-refractivity contribution in [1.82, 2.24) is 5.32 Å². The van der Waals surface area contributed by atoms with Crippen molar-refractivity contribution in [3.8, 4) is 6.07 Å². The molecule has 0 saturated heterocycles. The van der Waals surface area contributed by atoms with Crippen LogP contribution in [-0.4, -0.2) is 17.1 Å². The lowest BCUT2D eigenvalue weighted by Crippen LogP contribution is -2.53. The van der Waals surface area contributed by atoms with Crippen LogP contribution in [0.3, 0.4) is 0 Å². The van der Waals surface area contributed by atoms with Crippen LogP contribution in [0.5, 0.6) is 0 Å². The highest BCUT2D eigenvalue weighted by atomic mass is 35.5. The number of allylic oxidation sites excluding steroid dienone is 1. The third-order valence-corrected chi connectivity index (χ3v) is 5.37. The number of nitrogens with one attached hydrogen (secondary N) is 1. The maximum Gasteiger partial charge on any atom is 0.312 e. The van der Waals surface area contributed by atoms with Crippen molar-refractivity contribution in [2.75, 3.05) is 0 Å². The molecule has 0 amide bonds. The Balaban J connectivity index is 2.33. The molecule has 0 bridgehead atoms. The maximum atomic E-state index is 13.5. The van der Waals surface area contributed by atoms with Gasteiger partial charge in [-0.2, -0.15) is 5.26 Å². The molecular weight excluding hydrogens is 359 g/mol. The minimum atomic E-state index is -1.39. The zero-order valence-corrected chi connectivity index (χ0v) is 14.8. The van der Waals surface area contributed by atoms with Gasteiger partial charge in [0, 0.05) is 17.0 Å². The van der Waals surface area contributed by atoms with Gasteiger partial charge < -0.3 is 14.8 Å². The second-order valence-electron chi connectivity index (χ2n) is 6.43. The Hall–Kier alpha value is -2.78. The molecule has 3 atom stereocenters. The molecule has 0 aliphatic carbocycles. The maximum absolute atomic E-state index is 13.5. The van der Waals surface area contributed by atoms with E-state index in [9.17, 15) is 19.6 Å². The van der Waals surface area contributed by atoms with E-state index >= 15 is 0 Å². The fourth-order valence-corrected chi connectivity index (χ4v) is 3.68. The standard InChI is InChI=1S/C19H16ClFN2O3/c1-10-19(2,18(24)25)16(12-6-5-11(21)8-14(12)20)13(9-22)17(23-10)15-4-3-7-26-15/h3-8,10,16,23H,1-2H3,(H,24,25). The Kier molecular flexibility index (Phi) is 4.51. The van der Waals surface area contributed by atoms with E-state index in [1.807, 2.05) is 0 Å². The summed E-state index contributed by atoms with van der Waals surface area (Å²) in [5, 5.41) is 23.0. The van der Waals surface area contributed by atoms with Gasteiger partial charge in [-0.1, -0.05) is 17.7 Å². The summed E-state index contributed by atoms with van der Waals surface area (Å²) in [5.41, 5.74) is -0.416. The Morgan fingerprint density at radius 1 is 1.46 bits per heavy atom. The molecular formula is C19H16ClFN2O3. The topological polar surface area (TPSA) is 86.3 Å². The molecule has 26 heavy (non-hydrogen) atoms. The summed E-state index contributed by atoms with van der Waals surface area (Å²) in [6.45, 7) is 3.27. The van der Waals surface area contributed by atoms with E-state index in [-0.39, 0.29) is 10.6 Å². The lowest BCUT2D eigenvalue weighted by atomic mass is 9.63. The molecule has 0 spiro atoms. The highest BCUT2D eigenvalue weighted by Crippen LogP contribution is 2.50. The number of carboxylic acids is 1. The van der Waals surface area contributed by atoms with E-state index in [2.05, 4.69) is 11.4 Å². The summed E-state index contributed by atoms with van der Waals surface area (Å²) in [7, 11) is 0. The Morgan fingerprint density at radius 2 is 2.19 bits per heavy atom. The van der Waals surface area contributed by atoms with Gasteiger partial charge in [-0.05, 0) is 43.7 Å². The molecule has 1 aromatic carbocycles. The van der Waals surface area contributed by atoms with Crippen LogP contribution in [0.15, 0.2) is 46.6 Å². The lowest BCUT2D eigenvalue weighted by Gasteiger charge is -2.44. The van der Waals surface area contributed by atoms with Gasteiger partial charge in [0.05, 0.1) is 29.0 Å². The van der Waals surface area contributed by atoms with Gasteiger partial charge in [-0.25, -0.2) is 4.39 Å². The normalized spacial score (nSPS) is 25.5. The van der Waals surface area contributed by atoms with E-state index < -0.39 is 29.2 Å². The van der Waals surface area contributed by atoms with Crippen LogP contribution in [-0.2, 0) is 4.79 Å². The SMILES string of the molecule is CC1NC(c2ccco2)=C(C#N)C(c2ccc(F)cc2Cl)C1(C)C(=O)O. The number of hydrogen-bond donors (Lipinski definition) is 2. The summed E-state index contributed by atoms with van der Waals surface area (Å²) in [4.78, 5) is 12.2. The van der Waals surface area contributed by atoms with Gasteiger partial charge in [0.15, 0.2) is 5.76 Å². The molecule has 7 heteroatoms. The van der Waals surface area contributed by atoms with Crippen LogP contribution in [0.1, 0.15) is 31.1 Å². The highest BCUT2D eigenvalue weighted by Gasteiger charge is 2.53. The fraction of sp³-hybridized carbons (Fsp3) is 0.263. The first kappa shape index (κ1) is 18.0. The Bertz CT molecular complexity index is 933. The molecule has 3 rings (SSSR count). The number of nitrogens with zero attached hydrogens (tertiary/aromatic N) is 1. The van der Waals surface area contributed by atoms with E-state index in [4.69, 9.17) is 16.0 Å². The molecule has 1 aliphatic heterocycles. The third-order valence-electron chi connectivity index (χ3n) is 5.04. The smallest absolute Gasteiger partial charge is 0.312 e. The van der Waals surface area contributed by atoms with Crippen LogP contribution in [0, 0.1) is 22.6 Å². The molecule has 1 aromatic heterocycles. The van der Waals surface area contributed by atoms with Crippen molar-refractivity contribution in [3.63, 3.8) is 0 Å². The molecule has 3 unspecified atom stereocenters. The quantitative estimate of drug-likeness (QED) is 0.841. The van der Waals surface area contributed by atoms with Crippen molar-refractivity contribution >= 4 is 23.3 Å². The minimum Gasteiger partial charge on any atom is -0.481 e.